The molecule has 0 aliphatic rings. The van der Waals surface area contributed by atoms with E-state index in [1.54, 1.807) is 0 Å². The molecular weight excluding hydrogens is 134 g/mol. The fourth-order valence-corrected chi connectivity index (χ4v) is 1.20. The Morgan fingerprint density at radius 2 is 1.73 bits per heavy atom. The third kappa shape index (κ3) is 1.53. The summed E-state index contributed by atoms with van der Waals surface area (Å²) in [6, 6.07) is 2.12. The SMILES string of the molecule is CC(C)=c1cc[nH]c1=C(C)C. The molecule has 0 radical (unpaired) electrons. The Morgan fingerprint density at radius 1 is 1.09 bits per heavy atom. The Bertz CT molecular complexity index is 312. The summed E-state index contributed by atoms with van der Waals surface area (Å²) in [5.41, 5.74) is 2.70. The summed E-state index contributed by atoms with van der Waals surface area (Å²) in [6.07, 6.45) is 1.99. The van der Waals surface area contributed by atoms with Crippen LogP contribution in [0.25, 0.3) is 11.1 Å². The molecule has 0 saturated carbocycles. The van der Waals surface area contributed by atoms with E-state index in [1.807, 2.05) is 6.20 Å². The molecular formula is C10H15N. The van der Waals surface area contributed by atoms with Gasteiger partial charge >= 0.3 is 0 Å². The molecule has 1 heterocycles. The number of rotatable bonds is 0. The monoisotopic (exact) mass is 149 g/mol. The van der Waals surface area contributed by atoms with Crippen molar-refractivity contribution in [2.24, 2.45) is 0 Å². The Labute approximate surface area is 67.5 Å². The number of H-pyrrole nitrogens is 1. The van der Waals surface area contributed by atoms with Crippen LogP contribution < -0.4 is 10.6 Å². The maximum absolute atomic E-state index is 3.23. The second-order valence-electron chi connectivity index (χ2n) is 3.27. The summed E-state index contributed by atoms with van der Waals surface area (Å²) in [7, 11) is 0. The van der Waals surface area contributed by atoms with Crippen molar-refractivity contribution in [3.63, 3.8) is 0 Å². The lowest BCUT2D eigenvalue weighted by Gasteiger charge is -1.88. The molecule has 1 N–H and O–H groups in total. The van der Waals surface area contributed by atoms with Gasteiger partial charge in [0.05, 0.1) is 0 Å². The van der Waals surface area contributed by atoms with Gasteiger partial charge in [-0.05, 0) is 39.0 Å². The Balaban J connectivity index is 3.68. The molecule has 0 fully saturated rings. The molecule has 0 saturated heterocycles. The highest BCUT2D eigenvalue weighted by atomic mass is 14.6. The van der Waals surface area contributed by atoms with Crippen molar-refractivity contribution >= 4 is 11.1 Å². The zero-order valence-electron chi connectivity index (χ0n) is 7.65. The third-order valence-electron chi connectivity index (χ3n) is 1.79. The second kappa shape index (κ2) is 2.95. The molecule has 0 atom stereocenters. The van der Waals surface area contributed by atoms with Gasteiger partial charge in [-0.15, -0.1) is 0 Å². The van der Waals surface area contributed by atoms with Crippen LogP contribution in [-0.4, -0.2) is 4.98 Å². The van der Waals surface area contributed by atoms with Crippen LogP contribution in [0.2, 0.25) is 0 Å². The first-order valence-electron chi connectivity index (χ1n) is 3.91. The van der Waals surface area contributed by atoms with Crippen LogP contribution >= 0.6 is 0 Å². The van der Waals surface area contributed by atoms with Crippen LogP contribution in [-0.2, 0) is 0 Å². The summed E-state index contributed by atoms with van der Waals surface area (Å²) in [6.45, 7) is 8.52. The predicted molar refractivity (Wildman–Crippen MR) is 49.6 cm³/mol. The van der Waals surface area contributed by atoms with Crippen molar-refractivity contribution < 1.29 is 0 Å². The van der Waals surface area contributed by atoms with E-state index in [1.165, 1.54) is 21.7 Å². The van der Waals surface area contributed by atoms with Crippen molar-refractivity contribution in [1.82, 2.24) is 4.98 Å². The van der Waals surface area contributed by atoms with E-state index in [2.05, 4.69) is 38.7 Å². The van der Waals surface area contributed by atoms with E-state index in [0.717, 1.165) is 0 Å². The lowest BCUT2D eigenvalue weighted by molar-refractivity contribution is 1.27. The molecule has 0 aliphatic carbocycles. The number of aromatic amines is 1. The largest absolute Gasteiger partial charge is 0.361 e. The average Bonchev–Trinajstić information content (AvgIpc) is 2.32. The highest BCUT2D eigenvalue weighted by Crippen LogP contribution is 1.85. The molecule has 60 valence electrons. The van der Waals surface area contributed by atoms with Gasteiger partial charge in [-0.2, -0.15) is 0 Å². The number of nitrogens with one attached hydrogen (secondary N) is 1. The first-order valence-corrected chi connectivity index (χ1v) is 3.91. The fourth-order valence-electron chi connectivity index (χ4n) is 1.20. The van der Waals surface area contributed by atoms with E-state index < -0.39 is 0 Å². The summed E-state index contributed by atoms with van der Waals surface area (Å²) in [5, 5.41) is 2.61. The third-order valence-corrected chi connectivity index (χ3v) is 1.79. The second-order valence-corrected chi connectivity index (χ2v) is 3.27. The van der Waals surface area contributed by atoms with Crippen LogP contribution in [0.4, 0.5) is 0 Å². The highest BCUT2D eigenvalue weighted by Gasteiger charge is 1.89. The van der Waals surface area contributed by atoms with Gasteiger partial charge in [-0.1, -0.05) is 11.1 Å². The van der Waals surface area contributed by atoms with Crippen molar-refractivity contribution in [2.45, 2.75) is 27.7 Å². The maximum atomic E-state index is 3.23. The first kappa shape index (κ1) is 8.12. The van der Waals surface area contributed by atoms with Crippen LogP contribution in [0.1, 0.15) is 27.7 Å². The molecule has 1 nitrogen and oxygen atoms in total. The van der Waals surface area contributed by atoms with E-state index in [-0.39, 0.29) is 0 Å². The van der Waals surface area contributed by atoms with Gasteiger partial charge in [0.25, 0.3) is 0 Å². The van der Waals surface area contributed by atoms with Crippen LogP contribution in [0.5, 0.6) is 0 Å². The summed E-state index contributed by atoms with van der Waals surface area (Å²) >= 11 is 0. The smallest absolute Gasteiger partial charge is 0.0439 e. The number of hydrogen-bond donors (Lipinski definition) is 1. The molecule has 0 bridgehead atoms. The van der Waals surface area contributed by atoms with Gasteiger partial charge < -0.3 is 4.98 Å². The molecule has 1 aromatic rings. The van der Waals surface area contributed by atoms with Gasteiger partial charge in [0.15, 0.2) is 0 Å². The van der Waals surface area contributed by atoms with Gasteiger partial charge in [0, 0.05) is 11.5 Å². The molecule has 0 aromatic carbocycles. The Hall–Kier alpha value is -0.980. The fraction of sp³-hybridized carbons (Fsp3) is 0.400. The molecule has 11 heavy (non-hydrogen) atoms. The lowest BCUT2D eigenvalue weighted by Crippen LogP contribution is -2.25. The first-order chi connectivity index (χ1) is 5.13. The molecule has 1 aromatic heterocycles. The van der Waals surface area contributed by atoms with Crippen molar-refractivity contribution in [3.05, 3.63) is 22.8 Å². The van der Waals surface area contributed by atoms with Gasteiger partial charge in [0.1, 0.15) is 0 Å². The Morgan fingerprint density at radius 3 is 2.09 bits per heavy atom. The normalized spacial score (nSPS) is 9.82. The number of aromatic nitrogens is 1. The topological polar surface area (TPSA) is 15.8 Å². The van der Waals surface area contributed by atoms with Crippen LogP contribution in [0, 0.1) is 0 Å². The summed E-state index contributed by atoms with van der Waals surface area (Å²) < 4.78 is 0. The molecule has 1 heteroatoms. The molecule has 0 unspecified atom stereocenters. The minimum Gasteiger partial charge on any atom is -0.361 e. The van der Waals surface area contributed by atoms with E-state index in [4.69, 9.17) is 0 Å². The highest BCUT2D eigenvalue weighted by molar-refractivity contribution is 5.44. The zero-order chi connectivity index (χ0) is 8.43. The molecule has 0 aliphatic heterocycles. The van der Waals surface area contributed by atoms with Gasteiger partial charge in [-0.3, -0.25) is 0 Å². The average molecular weight is 149 g/mol. The van der Waals surface area contributed by atoms with Crippen LogP contribution in [0.3, 0.4) is 0 Å². The minimum atomic E-state index is 1.27. The quantitative estimate of drug-likeness (QED) is 0.574. The lowest BCUT2D eigenvalue weighted by atomic mass is 10.2. The maximum Gasteiger partial charge on any atom is 0.0439 e. The van der Waals surface area contributed by atoms with Crippen LogP contribution in [0.15, 0.2) is 12.3 Å². The molecule has 1 rings (SSSR count). The van der Waals surface area contributed by atoms with Crippen molar-refractivity contribution in [3.8, 4) is 0 Å². The summed E-state index contributed by atoms with van der Waals surface area (Å²) in [5.74, 6) is 0. The summed E-state index contributed by atoms with van der Waals surface area (Å²) in [4.78, 5) is 3.23. The van der Waals surface area contributed by atoms with Crippen molar-refractivity contribution in [1.29, 1.82) is 0 Å². The van der Waals surface area contributed by atoms with Gasteiger partial charge in [0.2, 0.25) is 0 Å². The number of hydrogen-bond acceptors (Lipinski definition) is 0. The minimum absolute atomic E-state index is 1.27. The molecule has 0 amide bonds. The van der Waals surface area contributed by atoms with Crippen molar-refractivity contribution in [2.75, 3.05) is 0 Å². The molecule has 0 spiro atoms. The van der Waals surface area contributed by atoms with E-state index in [9.17, 15) is 0 Å². The standard InChI is InChI=1S/C10H15N/c1-7(2)9-5-6-11-10(9)8(3)4/h5-6,11H,1-4H3. The van der Waals surface area contributed by atoms with E-state index in [0.29, 0.717) is 0 Å². The Kier molecular flexibility index (Phi) is 2.18. The van der Waals surface area contributed by atoms with E-state index >= 15 is 0 Å². The van der Waals surface area contributed by atoms with Gasteiger partial charge in [-0.25, -0.2) is 0 Å². The zero-order valence-corrected chi connectivity index (χ0v) is 7.65. The predicted octanol–water partition coefficient (Wildman–Crippen LogP) is 1.40.